The largest absolute Gasteiger partial charge is 0.456 e. The second-order valence-electron chi connectivity index (χ2n) is 10.4. The molecule has 41 heavy (non-hydrogen) atoms. The molecule has 0 unspecified atom stereocenters. The second-order valence-corrected chi connectivity index (χ2v) is 10.4. The SMILES string of the molecule is c1ccc2c(c1)oc1ccc3nc(-c4ccc(-c5ccc(-n6c7ccccc7c7ccccc76)cc5)cc4)oc3c12. The Morgan fingerprint density at radius 1 is 0.463 bits per heavy atom. The van der Waals surface area contributed by atoms with Gasteiger partial charge in [0, 0.05) is 27.4 Å². The van der Waals surface area contributed by atoms with E-state index >= 15 is 0 Å². The summed E-state index contributed by atoms with van der Waals surface area (Å²) in [7, 11) is 0. The van der Waals surface area contributed by atoms with Crippen LogP contribution in [0.3, 0.4) is 0 Å². The van der Waals surface area contributed by atoms with E-state index in [1.54, 1.807) is 0 Å². The highest BCUT2D eigenvalue weighted by Gasteiger charge is 2.16. The molecule has 0 saturated carbocycles. The van der Waals surface area contributed by atoms with Crippen molar-refractivity contribution in [3.05, 3.63) is 133 Å². The number of hydrogen-bond donors (Lipinski definition) is 0. The van der Waals surface area contributed by atoms with Crippen molar-refractivity contribution in [2.45, 2.75) is 0 Å². The number of fused-ring (bicyclic) bond motifs is 8. The van der Waals surface area contributed by atoms with Gasteiger partial charge < -0.3 is 13.4 Å². The van der Waals surface area contributed by atoms with E-state index < -0.39 is 0 Å². The van der Waals surface area contributed by atoms with Gasteiger partial charge in [-0.2, -0.15) is 0 Å². The first-order chi connectivity index (χ1) is 20.3. The molecule has 0 bridgehead atoms. The number of para-hydroxylation sites is 3. The Labute approximate surface area is 234 Å². The zero-order valence-corrected chi connectivity index (χ0v) is 21.9. The van der Waals surface area contributed by atoms with Crippen LogP contribution < -0.4 is 0 Å². The maximum Gasteiger partial charge on any atom is 0.227 e. The first kappa shape index (κ1) is 22.2. The molecule has 3 heterocycles. The molecule has 0 atom stereocenters. The second kappa shape index (κ2) is 8.44. The lowest BCUT2D eigenvalue weighted by Crippen LogP contribution is -1.93. The molecule has 0 radical (unpaired) electrons. The van der Waals surface area contributed by atoms with Gasteiger partial charge in [0.2, 0.25) is 5.89 Å². The molecule has 0 aliphatic carbocycles. The third kappa shape index (κ3) is 3.31. The van der Waals surface area contributed by atoms with E-state index in [1.807, 2.05) is 30.3 Å². The standard InChI is InChI=1S/C37H22N2O2/c1-4-10-31-27(7-1)28-8-2-5-11-32(28)39(31)26-19-17-24(18-20-26)23-13-15-25(16-14-23)37-38-30-21-22-34-35(36(30)41-37)29-9-3-6-12-33(29)40-34/h1-22H. The molecule has 0 N–H and O–H groups in total. The van der Waals surface area contributed by atoms with Crippen molar-refractivity contribution in [3.63, 3.8) is 0 Å². The van der Waals surface area contributed by atoms with Crippen LogP contribution in [0.1, 0.15) is 0 Å². The molecule has 0 fully saturated rings. The normalized spacial score (nSPS) is 11.9. The smallest absolute Gasteiger partial charge is 0.227 e. The molecule has 192 valence electrons. The van der Waals surface area contributed by atoms with Gasteiger partial charge in [-0.05, 0) is 65.7 Å². The minimum atomic E-state index is 0.603. The molecule has 9 aromatic rings. The summed E-state index contributed by atoms with van der Waals surface area (Å²) < 4.78 is 14.7. The van der Waals surface area contributed by atoms with E-state index in [0.29, 0.717) is 5.89 Å². The van der Waals surface area contributed by atoms with Crippen LogP contribution >= 0.6 is 0 Å². The van der Waals surface area contributed by atoms with Crippen molar-refractivity contribution in [2.75, 3.05) is 0 Å². The summed E-state index contributed by atoms with van der Waals surface area (Å²) in [5, 5.41) is 4.54. The molecular weight excluding hydrogens is 504 g/mol. The Bertz CT molecular complexity index is 2350. The summed E-state index contributed by atoms with van der Waals surface area (Å²) in [6.45, 7) is 0. The lowest BCUT2D eigenvalue weighted by atomic mass is 10.0. The number of benzene rings is 6. The minimum absolute atomic E-state index is 0.603. The van der Waals surface area contributed by atoms with E-state index in [-0.39, 0.29) is 0 Å². The van der Waals surface area contributed by atoms with E-state index in [2.05, 4.69) is 108 Å². The molecule has 0 amide bonds. The number of hydrogen-bond acceptors (Lipinski definition) is 3. The Morgan fingerprint density at radius 3 is 1.76 bits per heavy atom. The summed E-state index contributed by atoms with van der Waals surface area (Å²) in [6, 6.07) is 46.3. The van der Waals surface area contributed by atoms with Crippen molar-refractivity contribution in [1.82, 2.24) is 9.55 Å². The highest BCUT2D eigenvalue weighted by molar-refractivity contribution is 6.16. The lowest BCUT2D eigenvalue weighted by Gasteiger charge is -2.09. The topological polar surface area (TPSA) is 44.1 Å². The first-order valence-corrected chi connectivity index (χ1v) is 13.7. The molecule has 4 nitrogen and oxygen atoms in total. The van der Waals surface area contributed by atoms with Gasteiger partial charge in [0.15, 0.2) is 5.58 Å². The molecule has 0 spiro atoms. The van der Waals surface area contributed by atoms with E-state index in [0.717, 1.165) is 55.4 Å². The molecule has 6 aromatic carbocycles. The van der Waals surface area contributed by atoms with Crippen molar-refractivity contribution >= 4 is 54.8 Å². The van der Waals surface area contributed by atoms with Crippen molar-refractivity contribution in [1.29, 1.82) is 0 Å². The van der Waals surface area contributed by atoms with Gasteiger partial charge in [-0.3, -0.25) is 0 Å². The predicted octanol–water partition coefficient (Wildman–Crippen LogP) is 10.2. The Balaban J connectivity index is 1.08. The van der Waals surface area contributed by atoms with Crippen LogP contribution in [-0.4, -0.2) is 9.55 Å². The predicted molar refractivity (Wildman–Crippen MR) is 166 cm³/mol. The molecule has 0 saturated heterocycles. The van der Waals surface area contributed by atoms with Crippen LogP contribution in [-0.2, 0) is 0 Å². The van der Waals surface area contributed by atoms with E-state index in [1.165, 1.54) is 21.8 Å². The van der Waals surface area contributed by atoms with Gasteiger partial charge in [0.05, 0.1) is 16.4 Å². The molecule has 0 aliphatic rings. The fraction of sp³-hybridized carbons (Fsp3) is 0. The van der Waals surface area contributed by atoms with Crippen LogP contribution in [0.25, 0.3) is 83.1 Å². The maximum absolute atomic E-state index is 6.33. The number of rotatable bonds is 3. The average molecular weight is 527 g/mol. The highest BCUT2D eigenvalue weighted by Crippen LogP contribution is 2.37. The summed E-state index contributed by atoms with van der Waals surface area (Å²) in [5.41, 5.74) is 10.0. The van der Waals surface area contributed by atoms with Crippen LogP contribution in [0.5, 0.6) is 0 Å². The maximum atomic E-state index is 6.33. The van der Waals surface area contributed by atoms with E-state index in [4.69, 9.17) is 13.8 Å². The number of aromatic nitrogens is 2. The molecule has 4 heteroatoms. The molecule has 9 rings (SSSR count). The average Bonchev–Trinajstić information content (AvgIpc) is 3.73. The van der Waals surface area contributed by atoms with Gasteiger partial charge in [0.25, 0.3) is 0 Å². The monoisotopic (exact) mass is 526 g/mol. The van der Waals surface area contributed by atoms with Gasteiger partial charge in [-0.1, -0.05) is 78.9 Å². The van der Waals surface area contributed by atoms with Gasteiger partial charge in [-0.25, -0.2) is 4.98 Å². The first-order valence-electron chi connectivity index (χ1n) is 13.7. The molecule has 3 aromatic heterocycles. The summed E-state index contributed by atoms with van der Waals surface area (Å²) in [5.74, 6) is 0.603. The molecule has 0 aliphatic heterocycles. The number of furan rings is 1. The zero-order chi connectivity index (χ0) is 26.9. The fourth-order valence-corrected chi connectivity index (χ4v) is 6.13. The zero-order valence-electron chi connectivity index (χ0n) is 21.9. The van der Waals surface area contributed by atoms with Crippen LogP contribution in [0.15, 0.2) is 142 Å². The summed E-state index contributed by atoms with van der Waals surface area (Å²) in [6.07, 6.45) is 0. The van der Waals surface area contributed by atoms with Crippen molar-refractivity contribution in [2.24, 2.45) is 0 Å². The fourth-order valence-electron chi connectivity index (χ4n) is 6.13. The molecular formula is C37H22N2O2. The minimum Gasteiger partial charge on any atom is -0.456 e. The Morgan fingerprint density at radius 2 is 1.05 bits per heavy atom. The van der Waals surface area contributed by atoms with E-state index in [9.17, 15) is 0 Å². The van der Waals surface area contributed by atoms with Crippen LogP contribution in [0.2, 0.25) is 0 Å². The van der Waals surface area contributed by atoms with Gasteiger partial charge >= 0.3 is 0 Å². The highest BCUT2D eigenvalue weighted by atomic mass is 16.4. The number of nitrogens with zero attached hydrogens (tertiary/aromatic N) is 2. The van der Waals surface area contributed by atoms with Crippen molar-refractivity contribution < 1.29 is 8.83 Å². The third-order valence-electron chi connectivity index (χ3n) is 8.07. The van der Waals surface area contributed by atoms with Crippen LogP contribution in [0.4, 0.5) is 0 Å². The van der Waals surface area contributed by atoms with Gasteiger partial charge in [-0.15, -0.1) is 0 Å². The lowest BCUT2D eigenvalue weighted by molar-refractivity contribution is 0.622. The quantitative estimate of drug-likeness (QED) is 0.230. The summed E-state index contributed by atoms with van der Waals surface area (Å²) in [4.78, 5) is 4.80. The number of oxazole rings is 1. The third-order valence-corrected chi connectivity index (χ3v) is 8.07. The van der Waals surface area contributed by atoms with Crippen LogP contribution in [0, 0.1) is 0 Å². The van der Waals surface area contributed by atoms with Gasteiger partial charge in [0.1, 0.15) is 16.7 Å². The summed E-state index contributed by atoms with van der Waals surface area (Å²) >= 11 is 0. The Kier molecular flexibility index (Phi) is 4.58. The van der Waals surface area contributed by atoms with Crippen molar-refractivity contribution in [3.8, 4) is 28.3 Å². The Hall–Kier alpha value is -5.61.